The Morgan fingerprint density at radius 3 is 2.83 bits per heavy atom. The number of amides is 1. The van der Waals surface area contributed by atoms with Gasteiger partial charge in [-0.25, -0.2) is 0 Å². The van der Waals surface area contributed by atoms with Crippen molar-refractivity contribution < 1.29 is 14.6 Å². The summed E-state index contributed by atoms with van der Waals surface area (Å²) in [6, 6.07) is 3.81. The average Bonchev–Trinajstić information content (AvgIpc) is 2.70. The quantitative estimate of drug-likeness (QED) is 0.836. The minimum Gasteiger partial charge on any atom is -0.394 e. The van der Waals surface area contributed by atoms with Crippen LogP contribution in [0, 0.1) is 6.92 Å². The molecule has 1 N–H and O–H groups in total. The second-order valence-corrected chi connectivity index (χ2v) is 4.86. The molecule has 1 saturated heterocycles. The molecule has 2 rings (SSSR count). The van der Waals surface area contributed by atoms with Gasteiger partial charge in [0.1, 0.15) is 5.69 Å². The fourth-order valence-electron chi connectivity index (χ4n) is 2.19. The lowest BCUT2D eigenvalue weighted by Crippen LogP contribution is -2.52. The first-order chi connectivity index (χ1) is 8.54. The summed E-state index contributed by atoms with van der Waals surface area (Å²) in [5.74, 6) is -0.000139. The summed E-state index contributed by atoms with van der Waals surface area (Å²) >= 11 is 0. The molecule has 1 aliphatic rings. The van der Waals surface area contributed by atoms with E-state index in [1.54, 1.807) is 4.90 Å². The van der Waals surface area contributed by atoms with Gasteiger partial charge in [-0.05, 0) is 26.0 Å². The maximum absolute atomic E-state index is 12.5. The first-order valence-corrected chi connectivity index (χ1v) is 6.20. The number of carbonyl (C=O) groups excluding carboxylic acids is 1. The number of morpholine rings is 1. The molecule has 0 radical (unpaired) electrons. The molecular formula is C13H20N2O3. The van der Waals surface area contributed by atoms with Crippen molar-refractivity contribution in [3.63, 3.8) is 0 Å². The summed E-state index contributed by atoms with van der Waals surface area (Å²) in [4.78, 5) is 14.3. The van der Waals surface area contributed by atoms with Gasteiger partial charge in [-0.2, -0.15) is 0 Å². The van der Waals surface area contributed by atoms with Gasteiger partial charge in [0.25, 0.3) is 5.91 Å². The molecule has 2 heterocycles. The van der Waals surface area contributed by atoms with E-state index in [1.165, 1.54) is 0 Å². The highest BCUT2D eigenvalue weighted by Crippen LogP contribution is 2.16. The van der Waals surface area contributed by atoms with Crippen molar-refractivity contribution in [2.45, 2.75) is 26.0 Å². The number of rotatable bonds is 2. The molecule has 1 fully saturated rings. The summed E-state index contributed by atoms with van der Waals surface area (Å²) in [5, 5.41) is 9.14. The third-order valence-electron chi connectivity index (χ3n) is 3.56. The van der Waals surface area contributed by atoms with E-state index in [-0.39, 0.29) is 24.7 Å². The first kappa shape index (κ1) is 13.1. The van der Waals surface area contributed by atoms with Crippen LogP contribution in [-0.2, 0) is 11.8 Å². The Kier molecular flexibility index (Phi) is 3.73. The van der Waals surface area contributed by atoms with Gasteiger partial charge in [-0.15, -0.1) is 0 Å². The molecule has 0 aliphatic carbocycles. The van der Waals surface area contributed by atoms with Crippen molar-refractivity contribution in [1.29, 1.82) is 0 Å². The molecule has 18 heavy (non-hydrogen) atoms. The van der Waals surface area contributed by atoms with E-state index >= 15 is 0 Å². The smallest absolute Gasteiger partial charge is 0.270 e. The van der Waals surface area contributed by atoms with E-state index in [0.717, 1.165) is 5.69 Å². The molecule has 1 aromatic rings. The second-order valence-electron chi connectivity index (χ2n) is 4.86. The lowest BCUT2D eigenvalue weighted by molar-refractivity contribution is -0.0669. The minimum atomic E-state index is -0.272. The number of carbonyl (C=O) groups is 1. The van der Waals surface area contributed by atoms with Gasteiger partial charge in [-0.3, -0.25) is 4.79 Å². The van der Waals surface area contributed by atoms with Crippen LogP contribution in [0.25, 0.3) is 0 Å². The molecule has 5 nitrogen and oxygen atoms in total. The fourth-order valence-corrected chi connectivity index (χ4v) is 2.19. The van der Waals surface area contributed by atoms with Gasteiger partial charge in [0.05, 0.1) is 25.4 Å². The number of aliphatic hydroxyl groups excluding tert-OH is 1. The molecule has 0 aromatic carbocycles. The summed E-state index contributed by atoms with van der Waals surface area (Å²) < 4.78 is 7.33. The number of aliphatic hydroxyl groups is 1. The van der Waals surface area contributed by atoms with E-state index in [4.69, 9.17) is 9.84 Å². The standard InChI is InChI=1S/C13H20N2O3/c1-9-4-5-12(14(9)3)13(17)15-6-11(7-16)18-8-10(15)2/h4-5,10-11,16H,6-8H2,1-3H3. The van der Waals surface area contributed by atoms with Crippen LogP contribution >= 0.6 is 0 Å². The zero-order valence-electron chi connectivity index (χ0n) is 11.1. The number of nitrogens with zero attached hydrogens (tertiary/aromatic N) is 2. The van der Waals surface area contributed by atoms with Crippen molar-refractivity contribution in [2.75, 3.05) is 19.8 Å². The van der Waals surface area contributed by atoms with Crippen LogP contribution in [0.1, 0.15) is 23.1 Å². The summed E-state index contributed by atoms with van der Waals surface area (Å²) in [6.45, 7) is 4.79. The molecule has 5 heteroatoms. The molecule has 1 aromatic heterocycles. The molecule has 0 bridgehead atoms. The zero-order chi connectivity index (χ0) is 13.3. The molecule has 0 spiro atoms. The summed E-state index contributed by atoms with van der Waals surface area (Å²) in [5.41, 5.74) is 1.73. The van der Waals surface area contributed by atoms with Crippen LogP contribution in [0.3, 0.4) is 0 Å². The van der Waals surface area contributed by atoms with Gasteiger partial charge in [0.15, 0.2) is 0 Å². The Hall–Kier alpha value is -1.33. The number of hydrogen-bond donors (Lipinski definition) is 1. The fraction of sp³-hybridized carbons (Fsp3) is 0.615. The normalized spacial score (nSPS) is 24.3. The van der Waals surface area contributed by atoms with Gasteiger partial charge in [0, 0.05) is 19.3 Å². The van der Waals surface area contributed by atoms with Crippen LogP contribution in [-0.4, -0.2) is 52.4 Å². The van der Waals surface area contributed by atoms with Crippen LogP contribution in [0.2, 0.25) is 0 Å². The molecule has 100 valence electrons. The Labute approximate surface area is 107 Å². The highest BCUT2D eigenvalue weighted by atomic mass is 16.5. The predicted octanol–water partition coefficient (Wildman–Crippen LogP) is 0.555. The number of ether oxygens (including phenoxy) is 1. The van der Waals surface area contributed by atoms with Crippen LogP contribution < -0.4 is 0 Å². The SMILES string of the molecule is Cc1ccc(C(=O)N2CC(CO)OCC2C)n1C. The van der Waals surface area contributed by atoms with Crippen molar-refractivity contribution >= 4 is 5.91 Å². The van der Waals surface area contributed by atoms with E-state index in [9.17, 15) is 4.79 Å². The van der Waals surface area contributed by atoms with Crippen molar-refractivity contribution in [3.8, 4) is 0 Å². The van der Waals surface area contributed by atoms with E-state index in [1.807, 2.05) is 37.6 Å². The van der Waals surface area contributed by atoms with E-state index in [2.05, 4.69) is 0 Å². The van der Waals surface area contributed by atoms with Crippen molar-refractivity contribution in [3.05, 3.63) is 23.5 Å². The summed E-state index contributed by atoms with van der Waals surface area (Å²) in [6.07, 6.45) is -0.272. The van der Waals surface area contributed by atoms with Gasteiger partial charge in [-0.1, -0.05) is 0 Å². The highest BCUT2D eigenvalue weighted by Gasteiger charge is 2.30. The number of aryl methyl sites for hydroxylation is 1. The highest BCUT2D eigenvalue weighted by molar-refractivity contribution is 5.93. The maximum atomic E-state index is 12.5. The van der Waals surface area contributed by atoms with E-state index < -0.39 is 0 Å². The van der Waals surface area contributed by atoms with Gasteiger partial charge >= 0.3 is 0 Å². The monoisotopic (exact) mass is 252 g/mol. The number of aromatic nitrogens is 1. The minimum absolute atomic E-state index is 0.000139. The van der Waals surface area contributed by atoms with Gasteiger partial charge < -0.3 is 19.3 Å². The molecule has 1 amide bonds. The molecule has 2 atom stereocenters. The zero-order valence-corrected chi connectivity index (χ0v) is 11.1. The second kappa shape index (κ2) is 5.12. The lowest BCUT2D eigenvalue weighted by atomic mass is 10.2. The largest absolute Gasteiger partial charge is 0.394 e. The average molecular weight is 252 g/mol. The molecule has 0 saturated carbocycles. The lowest BCUT2D eigenvalue weighted by Gasteiger charge is -2.37. The Bertz CT molecular complexity index is 441. The van der Waals surface area contributed by atoms with Crippen LogP contribution in [0.15, 0.2) is 12.1 Å². The Morgan fingerprint density at radius 1 is 1.56 bits per heavy atom. The molecular weight excluding hydrogens is 232 g/mol. The van der Waals surface area contributed by atoms with Crippen molar-refractivity contribution in [1.82, 2.24) is 9.47 Å². The van der Waals surface area contributed by atoms with E-state index in [0.29, 0.717) is 18.8 Å². The molecule has 2 unspecified atom stereocenters. The molecule has 1 aliphatic heterocycles. The topological polar surface area (TPSA) is 54.7 Å². The third kappa shape index (κ3) is 2.28. The van der Waals surface area contributed by atoms with Gasteiger partial charge in [0.2, 0.25) is 0 Å². The number of hydrogen-bond acceptors (Lipinski definition) is 3. The third-order valence-corrected chi connectivity index (χ3v) is 3.56. The Balaban J connectivity index is 2.19. The van der Waals surface area contributed by atoms with Crippen molar-refractivity contribution in [2.24, 2.45) is 7.05 Å². The van der Waals surface area contributed by atoms with Crippen LogP contribution in [0.4, 0.5) is 0 Å². The Morgan fingerprint density at radius 2 is 2.28 bits per heavy atom. The predicted molar refractivity (Wildman–Crippen MR) is 67.5 cm³/mol. The summed E-state index contributed by atoms with van der Waals surface area (Å²) in [7, 11) is 1.89. The maximum Gasteiger partial charge on any atom is 0.270 e. The first-order valence-electron chi connectivity index (χ1n) is 6.20. The van der Waals surface area contributed by atoms with Crippen LogP contribution in [0.5, 0.6) is 0 Å².